The largest absolute Gasteiger partial charge is 0.416 e. The summed E-state index contributed by atoms with van der Waals surface area (Å²) in [4.78, 5) is 0. The first kappa shape index (κ1) is 14.0. The van der Waals surface area contributed by atoms with Gasteiger partial charge in [-0.2, -0.15) is 13.2 Å². The molecule has 0 bridgehead atoms. The van der Waals surface area contributed by atoms with Crippen molar-refractivity contribution in [3.8, 4) is 0 Å². The summed E-state index contributed by atoms with van der Waals surface area (Å²) in [6.45, 7) is 4.04. The van der Waals surface area contributed by atoms with Gasteiger partial charge in [-0.3, -0.25) is 0 Å². The van der Waals surface area contributed by atoms with Crippen molar-refractivity contribution >= 4 is 0 Å². The molecule has 0 spiro atoms. The Balaban J connectivity index is 2.92. The lowest BCUT2D eigenvalue weighted by Crippen LogP contribution is -2.10. The van der Waals surface area contributed by atoms with Crippen LogP contribution < -0.4 is 0 Å². The van der Waals surface area contributed by atoms with Crippen LogP contribution in [0.25, 0.3) is 0 Å². The second-order valence-corrected chi connectivity index (χ2v) is 4.48. The van der Waals surface area contributed by atoms with Crippen LogP contribution in [0.4, 0.5) is 13.2 Å². The van der Waals surface area contributed by atoms with E-state index in [-0.39, 0.29) is 12.5 Å². The summed E-state index contributed by atoms with van der Waals surface area (Å²) in [5.41, 5.74) is 0.217. The Kier molecular flexibility index (Phi) is 4.57. The Morgan fingerprint density at radius 2 is 1.65 bits per heavy atom. The van der Waals surface area contributed by atoms with Crippen molar-refractivity contribution in [1.82, 2.24) is 0 Å². The van der Waals surface area contributed by atoms with Crippen molar-refractivity contribution in [1.29, 1.82) is 0 Å². The maximum atomic E-state index is 12.4. The lowest BCUT2D eigenvalue weighted by Gasteiger charge is -2.20. The third-order valence-corrected chi connectivity index (χ3v) is 2.91. The normalized spacial score (nSPS) is 14.1. The van der Waals surface area contributed by atoms with Crippen LogP contribution in [0, 0.1) is 5.92 Å². The van der Waals surface area contributed by atoms with Gasteiger partial charge in [0.25, 0.3) is 0 Å². The zero-order chi connectivity index (χ0) is 13.1. The first-order valence-electron chi connectivity index (χ1n) is 5.64. The fourth-order valence-electron chi connectivity index (χ4n) is 1.94. The van der Waals surface area contributed by atoms with Crippen LogP contribution in [0.5, 0.6) is 0 Å². The van der Waals surface area contributed by atoms with Gasteiger partial charge in [0.2, 0.25) is 0 Å². The monoisotopic (exact) mass is 246 g/mol. The van der Waals surface area contributed by atoms with Crippen LogP contribution in [0.1, 0.15) is 37.3 Å². The number of aliphatic hydroxyl groups excluding tert-OH is 1. The van der Waals surface area contributed by atoms with Gasteiger partial charge in [0.1, 0.15) is 0 Å². The highest BCUT2D eigenvalue weighted by atomic mass is 19.4. The quantitative estimate of drug-likeness (QED) is 0.856. The molecule has 0 aliphatic heterocycles. The summed E-state index contributed by atoms with van der Waals surface area (Å²) in [5, 5.41) is 8.95. The molecule has 0 saturated heterocycles. The third-order valence-electron chi connectivity index (χ3n) is 2.91. The molecule has 0 saturated carbocycles. The van der Waals surface area contributed by atoms with Crippen molar-refractivity contribution in [2.75, 3.05) is 6.61 Å². The topological polar surface area (TPSA) is 20.2 Å². The molecule has 1 atom stereocenters. The van der Waals surface area contributed by atoms with Crippen molar-refractivity contribution in [3.05, 3.63) is 35.4 Å². The summed E-state index contributed by atoms with van der Waals surface area (Å²) < 4.78 is 37.2. The van der Waals surface area contributed by atoms with Gasteiger partial charge in [-0.1, -0.05) is 26.0 Å². The molecule has 1 unspecified atom stereocenters. The standard InChI is InChI=1S/C13H17F3O/c1-9(2)12(7-8-17)10-3-5-11(6-4-10)13(14,15)16/h3-6,9,12,17H,7-8H2,1-2H3. The van der Waals surface area contributed by atoms with Crippen LogP contribution in [-0.2, 0) is 6.18 Å². The van der Waals surface area contributed by atoms with E-state index in [2.05, 4.69) is 0 Å². The Morgan fingerprint density at radius 3 is 2.00 bits per heavy atom. The molecule has 17 heavy (non-hydrogen) atoms. The molecule has 0 aliphatic rings. The number of alkyl halides is 3. The Morgan fingerprint density at radius 1 is 1.12 bits per heavy atom. The molecule has 4 heteroatoms. The minimum atomic E-state index is -4.29. The van der Waals surface area contributed by atoms with Gasteiger partial charge in [-0.25, -0.2) is 0 Å². The van der Waals surface area contributed by atoms with E-state index in [9.17, 15) is 13.2 Å². The molecule has 0 amide bonds. The van der Waals surface area contributed by atoms with E-state index in [0.717, 1.165) is 17.7 Å². The van der Waals surface area contributed by atoms with E-state index in [4.69, 9.17) is 5.11 Å². The third kappa shape index (κ3) is 3.73. The molecule has 1 aromatic rings. The van der Waals surface area contributed by atoms with Crippen molar-refractivity contribution < 1.29 is 18.3 Å². The van der Waals surface area contributed by atoms with E-state index in [1.807, 2.05) is 13.8 Å². The second kappa shape index (κ2) is 5.54. The summed E-state index contributed by atoms with van der Waals surface area (Å²) in [6, 6.07) is 5.20. The molecular weight excluding hydrogens is 229 g/mol. The first-order chi connectivity index (χ1) is 7.86. The molecule has 0 aliphatic carbocycles. The molecule has 1 nitrogen and oxygen atoms in total. The Bertz CT molecular complexity index is 341. The maximum Gasteiger partial charge on any atom is 0.416 e. The number of hydrogen-bond donors (Lipinski definition) is 1. The molecule has 0 radical (unpaired) electrons. The lowest BCUT2D eigenvalue weighted by molar-refractivity contribution is -0.137. The van der Waals surface area contributed by atoms with Crippen molar-refractivity contribution in [2.24, 2.45) is 5.92 Å². The average molecular weight is 246 g/mol. The van der Waals surface area contributed by atoms with E-state index < -0.39 is 11.7 Å². The van der Waals surface area contributed by atoms with Gasteiger partial charge in [0, 0.05) is 6.61 Å². The zero-order valence-corrected chi connectivity index (χ0v) is 9.96. The highest BCUT2D eigenvalue weighted by Gasteiger charge is 2.30. The Labute approximate surface area is 99.3 Å². The van der Waals surface area contributed by atoms with Crippen molar-refractivity contribution in [3.63, 3.8) is 0 Å². The molecule has 96 valence electrons. The first-order valence-corrected chi connectivity index (χ1v) is 5.64. The fourth-order valence-corrected chi connectivity index (χ4v) is 1.94. The summed E-state index contributed by atoms with van der Waals surface area (Å²) >= 11 is 0. The van der Waals surface area contributed by atoms with Crippen LogP contribution in [0.15, 0.2) is 24.3 Å². The number of halogens is 3. The molecule has 1 rings (SSSR count). The lowest BCUT2D eigenvalue weighted by atomic mass is 9.86. The Hall–Kier alpha value is -1.03. The average Bonchev–Trinajstić information content (AvgIpc) is 2.24. The van der Waals surface area contributed by atoms with Crippen molar-refractivity contribution in [2.45, 2.75) is 32.4 Å². The smallest absolute Gasteiger partial charge is 0.396 e. The van der Waals surface area contributed by atoms with Gasteiger partial charge in [0.05, 0.1) is 5.56 Å². The van der Waals surface area contributed by atoms with Crippen LogP contribution in [0.2, 0.25) is 0 Å². The molecule has 0 fully saturated rings. The van der Waals surface area contributed by atoms with Gasteiger partial charge in [-0.15, -0.1) is 0 Å². The molecular formula is C13H17F3O. The molecule has 0 heterocycles. The second-order valence-electron chi connectivity index (χ2n) is 4.48. The predicted octanol–water partition coefficient (Wildman–Crippen LogP) is 3.83. The number of aliphatic hydroxyl groups is 1. The van der Waals surface area contributed by atoms with Gasteiger partial charge >= 0.3 is 6.18 Å². The van der Waals surface area contributed by atoms with E-state index in [0.29, 0.717) is 12.3 Å². The maximum absolute atomic E-state index is 12.4. The fraction of sp³-hybridized carbons (Fsp3) is 0.538. The summed E-state index contributed by atoms with van der Waals surface area (Å²) in [7, 11) is 0. The highest BCUT2D eigenvalue weighted by molar-refractivity contribution is 5.27. The molecule has 1 aromatic carbocycles. The van der Waals surface area contributed by atoms with Crippen LogP contribution >= 0.6 is 0 Å². The van der Waals surface area contributed by atoms with Crippen LogP contribution in [-0.4, -0.2) is 11.7 Å². The highest BCUT2D eigenvalue weighted by Crippen LogP contribution is 2.32. The zero-order valence-electron chi connectivity index (χ0n) is 9.96. The van der Waals surface area contributed by atoms with E-state index >= 15 is 0 Å². The van der Waals surface area contributed by atoms with Gasteiger partial charge < -0.3 is 5.11 Å². The minimum Gasteiger partial charge on any atom is -0.396 e. The number of benzene rings is 1. The molecule has 1 N–H and O–H groups in total. The minimum absolute atomic E-state index is 0.0455. The van der Waals surface area contributed by atoms with Gasteiger partial charge in [0.15, 0.2) is 0 Å². The summed E-state index contributed by atoms with van der Waals surface area (Å²) in [6.07, 6.45) is -3.72. The number of rotatable bonds is 4. The van der Waals surface area contributed by atoms with Crippen LogP contribution in [0.3, 0.4) is 0 Å². The molecule has 0 aromatic heterocycles. The van der Waals surface area contributed by atoms with E-state index in [1.54, 1.807) is 0 Å². The van der Waals surface area contributed by atoms with Gasteiger partial charge in [-0.05, 0) is 36.0 Å². The SMILES string of the molecule is CC(C)C(CCO)c1ccc(C(F)(F)F)cc1. The van der Waals surface area contributed by atoms with E-state index in [1.165, 1.54) is 12.1 Å². The summed E-state index contributed by atoms with van der Waals surface area (Å²) in [5.74, 6) is 0.390. The predicted molar refractivity (Wildman–Crippen MR) is 60.7 cm³/mol. The number of hydrogen-bond acceptors (Lipinski definition) is 1.